The molecule has 3 rings (SSSR count). The predicted molar refractivity (Wildman–Crippen MR) is 141 cm³/mol. The van der Waals surface area contributed by atoms with Gasteiger partial charge in [0.25, 0.3) is 0 Å². The van der Waals surface area contributed by atoms with E-state index in [4.69, 9.17) is 30.4 Å². The molecule has 0 spiro atoms. The Labute approximate surface area is 235 Å². The summed E-state index contributed by atoms with van der Waals surface area (Å²) in [6, 6.07) is 0. The van der Waals surface area contributed by atoms with Gasteiger partial charge in [-0.2, -0.15) is 0 Å². The van der Waals surface area contributed by atoms with Crippen LogP contribution in [0, 0.1) is 23.1 Å². The largest absolute Gasteiger partial charge is 0.396 e. The fourth-order valence-electron chi connectivity index (χ4n) is 5.93. The van der Waals surface area contributed by atoms with Gasteiger partial charge in [-0.15, -0.1) is 0 Å². The summed E-state index contributed by atoms with van der Waals surface area (Å²) in [5.41, 5.74) is -4.09. The number of ether oxygens (including phenoxy) is 1. The van der Waals surface area contributed by atoms with E-state index in [1.54, 1.807) is 19.1 Å². The third kappa shape index (κ3) is 6.87. The van der Waals surface area contributed by atoms with Crippen molar-refractivity contribution in [1.82, 2.24) is 0 Å². The van der Waals surface area contributed by atoms with E-state index in [1.165, 1.54) is 0 Å². The summed E-state index contributed by atoms with van der Waals surface area (Å²) in [7, 11) is 0. The van der Waals surface area contributed by atoms with Crippen LogP contribution >= 0.6 is 0 Å². The van der Waals surface area contributed by atoms with Crippen LogP contribution in [0.2, 0.25) is 0 Å². The van der Waals surface area contributed by atoms with Crippen molar-refractivity contribution in [3.05, 3.63) is 35.5 Å². The van der Waals surface area contributed by atoms with Gasteiger partial charge >= 0.3 is 0 Å². The predicted octanol–water partition coefficient (Wildman–Crippen LogP) is 5.08. The average molecular weight is 507 g/mol. The van der Waals surface area contributed by atoms with Gasteiger partial charge in [0.1, 0.15) is 12.2 Å². The van der Waals surface area contributed by atoms with E-state index in [-0.39, 0.29) is 38.9 Å². The number of allylic oxidation sites excluding steroid dienone is 3. The summed E-state index contributed by atoms with van der Waals surface area (Å²) in [5, 5.41) is 41.5. The first-order valence-electron chi connectivity index (χ1n) is 20.2. The molecule has 5 heteroatoms. The molecule has 0 aromatic rings. The van der Waals surface area contributed by atoms with Crippen molar-refractivity contribution in [1.29, 1.82) is 0 Å². The SMILES string of the molecule is [2H]C([2H])([2H])C(O)(C([2H])([2H])[2H])C([2H])([2H])C([2H])([2H])C([2H])([2H])[C@]([2H])([C@H]1CCC2/C(=C\C=C3/C[C@@H](O)[C@@H](OCCCO)[C@H](O)C3=C)CCC[C@@]21C)C([2H])([2H])[2H]. The minimum Gasteiger partial charge on any atom is -0.396 e. The molecule has 5 nitrogen and oxygen atoms in total. The van der Waals surface area contributed by atoms with Crippen molar-refractivity contribution >= 4 is 0 Å². The zero-order chi connectivity index (χ0) is 39.6. The zero-order valence-corrected chi connectivity index (χ0v) is 20.3. The number of fused-ring (bicyclic) bond motifs is 1. The van der Waals surface area contributed by atoms with E-state index in [2.05, 4.69) is 6.58 Å². The Balaban J connectivity index is 2.09. The molecule has 7 atom stereocenters. The van der Waals surface area contributed by atoms with Crippen molar-refractivity contribution in [2.24, 2.45) is 23.1 Å². The lowest BCUT2D eigenvalue weighted by molar-refractivity contribution is -0.0968. The van der Waals surface area contributed by atoms with Gasteiger partial charge in [0.2, 0.25) is 0 Å². The Hall–Kier alpha value is -0.980. The Bertz CT molecular complexity index is 1340. The number of hydrogen-bond donors (Lipinski definition) is 4. The van der Waals surface area contributed by atoms with Crippen LogP contribution in [0.5, 0.6) is 0 Å². The van der Waals surface area contributed by atoms with Gasteiger partial charge in [0.15, 0.2) is 0 Å². The smallest absolute Gasteiger partial charge is 0.114 e. The molecule has 0 amide bonds. The Morgan fingerprint density at radius 2 is 2.14 bits per heavy atom. The highest BCUT2D eigenvalue weighted by Crippen LogP contribution is 2.60. The average Bonchev–Trinajstić information content (AvgIpc) is 3.34. The number of rotatable bonds is 10. The first-order valence-corrected chi connectivity index (χ1v) is 12.2. The van der Waals surface area contributed by atoms with Crippen LogP contribution in [0.1, 0.15) is 113 Å². The highest BCUT2D eigenvalue weighted by Gasteiger charge is 2.50. The van der Waals surface area contributed by atoms with E-state index in [0.29, 0.717) is 30.4 Å². The molecule has 3 aliphatic carbocycles. The fourth-order valence-corrected chi connectivity index (χ4v) is 5.93. The number of hydrogen-bond acceptors (Lipinski definition) is 5. The second-order valence-corrected chi connectivity index (χ2v) is 10.1. The lowest BCUT2D eigenvalue weighted by atomic mass is 9.60. The maximum Gasteiger partial charge on any atom is 0.114 e. The lowest BCUT2D eigenvalue weighted by Gasteiger charge is -2.44. The van der Waals surface area contributed by atoms with E-state index in [1.807, 2.05) is 0 Å². The number of aliphatic hydroxyl groups is 4. The topological polar surface area (TPSA) is 90.2 Å². The van der Waals surface area contributed by atoms with Gasteiger partial charge in [-0.1, -0.05) is 50.8 Å². The van der Waals surface area contributed by atoms with Gasteiger partial charge in [0, 0.05) is 41.6 Å². The van der Waals surface area contributed by atoms with Crippen LogP contribution in [-0.2, 0) is 4.74 Å². The quantitative estimate of drug-likeness (QED) is 0.310. The first kappa shape index (κ1) is 13.7. The van der Waals surface area contributed by atoms with E-state index in [9.17, 15) is 16.7 Å². The van der Waals surface area contributed by atoms with Gasteiger partial charge in [0.05, 0.1) is 11.7 Å². The Kier molecular flexibility index (Phi) is 4.72. The van der Waals surface area contributed by atoms with Gasteiger partial charge in [-0.25, -0.2) is 0 Å². The monoisotopic (exact) mass is 506 g/mol. The number of aliphatic hydroxyl groups excluding tert-OH is 3. The van der Waals surface area contributed by atoms with Crippen molar-refractivity contribution in [3.63, 3.8) is 0 Å². The molecule has 0 aromatic heterocycles. The molecule has 3 saturated carbocycles. The molecular formula is C30H50O5. The fraction of sp³-hybridized carbons (Fsp3) is 0.800. The molecule has 35 heavy (non-hydrogen) atoms. The van der Waals surface area contributed by atoms with Crippen molar-refractivity contribution in [2.75, 3.05) is 13.2 Å². The minimum atomic E-state index is -4.51. The molecule has 4 N–H and O–H groups in total. The Morgan fingerprint density at radius 1 is 1.34 bits per heavy atom. The van der Waals surface area contributed by atoms with Crippen LogP contribution in [0.15, 0.2) is 35.5 Å². The van der Waals surface area contributed by atoms with Crippen LogP contribution in [0.4, 0.5) is 0 Å². The minimum absolute atomic E-state index is 0.0824. The van der Waals surface area contributed by atoms with Crippen LogP contribution in [0.3, 0.4) is 0 Å². The van der Waals surface area contributed by atoms with Gasteiger partial charge in [-0.05, 0) is 92.9 Å². The molecule has 0 saturated heterocycles. The highest BCUT2D eigenvalue weighted by atomic mass is 16.5. The summed E-state index contributed by atoms with van der Waals surface area (Å²) in [6.45, 7) is -6.35. The third-order valence-corrected chi connectivity index (χ3v) is 7.75. The maximum absolute atomic E-state index is 11.0. The Morgan fingerprint density at radius 3 is 2.86 bits per heavy atom. The molecule has 3 fully saturated rings. The molecule has 1 unspecified atom stereocenters. The van der Waals surface area contributed by atoms with Crippen molar-refractivity contribution < 1.29 is 47.1 Å². The highest BCUT2D eigenvalue weighted by molar-refractivity contribution is 5.40. The van der Waals surface area contributed by atoms with Crippen LogP contribution in [-0.4, -0.2) is 57.6 Å². The lowest BCUT2D eigenvalue weighted by Crippen LogP contribution is -2.45. The molecule has 0 heterocycles. The standard InChI is InChI=1S/C30H50O5/c1-20(9-6-15-29(3,4)34)24-13-14-25-22(10-7-16-30(24,25)5)11-12-23-19-26(32)28(27(33)21(23)2)35-18-8-17-31/h11-12,20,24-28,31-34H,2,6-10,13-19H2,1,3-5H3/b22-11-,23-12+/t20-,24-,25?,26-,27-,28-,30-/m1/s1/i1D3,3D3,4D3,6D2,9D2,15D2,20D. The molecule has 0 aromatic carbocycles. The second-order valence-electron chi connectivity index (χ2n) is 10.1. The second kappa shape index (κ2) is 12.0. The van der Waals surface area contributed by atoms with E-state index < -0.39 is 86.7 Å². The van der Waals surface area contributed by atoms with Crippen LogP contribution < -0.4 is 0 Å². The third-order valence-electron chi connectivity index (χ3n) is 7.75. The summed E-state index contributed by atoms with van der Waals surface area (Å²) in [6.07, 6.45) is -11.1. The normalized spacial score (nSPS) is 47.1. The summed E-state index contributed by atoms with van der Waals surface area (Å²) < 4.78 is 138. The zero-order valence-electron chi connectivity index (χ0n) is 36.3. The molecule has 0 radical (unpaired) electrons. The van der Waals surface area contributed by atoms with Gasteiger partial charge < -0.3 is 25.2 Å². The molecule has 200 valence electrons. The summed E-state index contributed by atoms with van der Waals surface area (Å²) >= 11 is 0. The summed E-state index contributed by atoms with van der Waals surface area (Å²) in [5.74, 6) is -5.44. The van der Waals surface area contributed by atoms with Gasteiger partial charge in [-0.3, -0.25) is 0 Å². The van der Waals surface area contributed by atoms with Crippen LogP contribution in [0.25, 0.3) is 0 Å². The maximum atomic E-state index is 11.0. The van der Waals surface area contributed by atoms with E-state index >= 15 is 0 Å². The molecule has 0 aliphatic heterocycles. The van der Waals surface area contributed by atoms with E-state index in [0.717, 1.165) is 5.57 Å². The first-order chi connectivity index (χ1) is 22.8. The molecule has 0 bridgehead atoms. The molecular weight excluding hydrogens is 440 g/mol. The van der Waals surface area contributed by atoms with Crippen molar-refractivity contribution in [3.8, 4) is 0 Å². The summed E-state index contributed by atoms with van der Waals surface area (Å²) in [4.78, 5) is 0. The van der Waals surface area contributed by atoms with Crippen molar-refractivity contribution in [2.45, 2.75) is 115 Å². The molecule has 3 aliphatic rings.